The summed E-state index contributed by atoms with van der Waals surface area (Å²) in [5.74, 6) is 1.52. The molecule has 0 N–H and O–H groups in total. The molecule has 8 nitrogen and oxygen atoms in total. The Morgan fingerprint density at radius 1 is 1.17 bits per heavy atom. The van der Waals surface area contributed by atoms with E-state index in [1.165, 1.54) is 0 Å². The summed E-state index contributed by atoms with van der Waals surface area (Å²) in [4.78, 5) is 14.4. The van der Waals surface area contributed by atoms with Crippen molar-refractivity contribution in [3.63, 3.8) is 0 Å². The Balaban J connectivity index is 1.33. The zero-order valence-electron chi connectivity index (χ0n) is 21.3. The molecule has 194 valence electrons. The summed E-state index contributed by atoms with van der Waals surface area (Å²) in [6.07, 6.45) is 4.48. The molecule has 3 aliphatic heterocycles. The molecular weight excluding hydrogens is 478 g/mol. The van der Waals surface area contributed by atoms with Crippen LogP contribution in [0.15, 0.2) is 24.3 Å². The number of amides is 1. The third kappa shape index (κ3) is 3.81. The zero-order valence-corrected chi connectivity index (χ0v) is 22.1. The molecule has 0 bridgehead atoms. The Labute approximate surface area is 212 Å². The minimum absolute atomic E-state index is 0.0100. The van der Waals surface area contributed by atoms with Gasteiger partial charge in [-0.15, -0.1) is 0 Å². The Bertz CT molecular complexity index is 1300. The van der Waals surface area contributed by atoms with Crippen LogP contribution in [0, 0.1) is 12.8 Å². The van der Waals surface area contributed by atoms with E-state index in [0.717, 1.165) is 41.1 Å². The lowest BCUT2D eigenvalue weighted by atomic mass is 9.79. The van der Waals surface area contributed by atoms with Crippen molar-refractivity contribution >= 4 is 15.9 Å². The van der Waals surface area contributed by atoms with Gasteiger partial charge in [-0.3, -0.25) is 4.68 Å². The Morgan fingerprint density at radius 2 is 1.89 bits per heavy atom. The van der Waals surface area contributed by atoms with E-state index in [-0.39, 0.29) is 17.9 Å². The van der Waals surface area contributed by atoms with Crippen LogP contribution in [0.1, 0.15) is 69.7 Å². The molecular formula is C27H35N3O5S. The molecule has 4 heterocycles. The quantitative estimate of drug-likeness (QED) is 0.595. The number of aromatic nitrogens is 2. The van der Waals surface area contributed by atoms with Crippen LogP contribution in [0.25, 0.3) is 11.3 Å². The lowest BCUT2D eigenvalue weighted by molar-refractivity contribution is -0.00650. The molecule has 1 aliphatic carbocycles. The Morgan fingerprint density at radius 3 is 2.58 bits per heavy atom. The summed E-state index contributed by atoms with van der Waals surface area (Å²) < 4.78 is 38.8. The molecule has 6 rings (SSSR count). The highest BCUT2D eigenvalue weighted by Crippen LogP contribution is 2.51. The van der Waals surface area contributed by atoms with Crippen LogP contribution >= 0.6 is 0 Å². The summed E-state index contributed by atoms with van der Waals surface area (Å²) >= 11 is 0. The zero-order chi connectivity index (χ0) is 25.3. The van der Waals surface area contributed by atoms with Crippen molar-refractivity contribution in [1.82, 2.24) is 14.7 Å². The highest BCUT2D eigenvalue weighted by atomic mass is 32.2. The molecule has 3 fully saturated rings. The summed E-state index contributed by atoms with van der Waals surface area (Å²) in [5, 5.41) is 5.12. The van der Waals surface area contributed by atoms with Crippen molar-refractivity contribution in [1.29, 1.82) is 0 Å². The van der Waals surface area contributed by atoms with Crippen LogP contribution < -0.4 is 4.74 Å². The van der Waals surface area contributed by atoms with Gasteiger partial charge in [-0.1, -0.05) is 12.1 Å². The van der Waals surface area contributed by atoms with Crippen molar-refractivity contribution < 1.29 is 22.7 Å². The molecule has 1 aromatic carbocycles. The molecule has 1 aromatic heterocycles. The first-order chi connectivity index (χ1) is 17.1. The maximum Gasteiger partial charge on any atom is 0.409 e. The number of benzene rings is 1. The second-order valence-corrected chi connectivity index (χ2v) is 14.3. The molecule has 2 aromatic rings. The van der Waals surface area contributed by atoms with Gasteiger partial charge in [0.2, 0.25) is 0 Å². The van der Waals surface area contributed by atoms with E-state index in [0.29, 0.717) is 51.3 Å². The molecule has 0 radical (unpaired) electrons. The summed E-state index contributed by atoms with van der Waals surface area (Å²) in [5.41, 5.74) is 3.43. The predicted molar refractivity (Wildman–Crippen MR) is 136 cm³/mol. The number of piperidine rings is 1. The third-order valence-electron chi connectivity index (χ3n) is 8.66. The molecule has 1 amide bonds. The van der Waals surface area contributed by atoms with E-state index in [1.54, 1.807) is 4.90 Å². The number of rotatable bonds is 3. The van der Waals surface area contributed by atoms with E-state index in [2.05, 4.69) is 11.6 Å². The number of nitrogens with zero attached hydrogens (tertiary/aromatic N) is 3. The first kappa shape index (κ1) is 23.8. The molecule has 36 heavy (non-hydrogen) atoms. The van der Waals surface area contributed by atoms with Gasteiger partial charge in [0.05, 0.1) is 23.1 Å². The van der Waals surface area contributed by atoms with Gasteiger partial charge in [0.1, 0.15) is 17.0 Å². The van der Waals surface area contributed by atoms with Crippen LogP contribution in [-0.2, 0) is 20.2 Å². The summed E-state index contributed by atoms with van der Waals surface area (Å²) in [6.45, 7) is 7.37. The van der Waals surface area contributed by atoms with Gasteiger partial charge in [0.15, 0.2) is 9.84 Å². The van der Waals surface area contributed by atoms with Gasteiger partial charge in [-0.25, -0.2) is 13.2 Å². The van der Waals surface area contributed by atoms with Crippen molar-refractivity contribution in [2.45, 2.75) is 75.7 Å². The second-order valence-electron chi connectivity index (χ2n) is 11.6. The number of likely N-dealkylation sites (tertiary alicyclic amines) is 1. The number of carbonyl (C=O) groups excluding carboxylic acids is 1. The number of sulfone groups is 1. The van der Waals surface area contributed by atoms with Crippen LogP contribution in [-0.4, -0.2) is 59.4 Å². The van der Waals surface area contributed by atoms with Gasteiger partial charge < -0.3 is 14.4 Å². The number of para-hydroxylation sites is 1. The summed E-state index contributed by atoms with van der Waals surface area (Å²) in [6, 6.07) is 8.00. The molecule has 1 saturated carbocycles. The normalized spacial score (nSPS) is 25.5. The second kappa shape index (κ2) is 8.23. The Kier molecular flexibility index (Phi) is 5.45. The van der Waals surface area contributed by atoms with Crippen LogP contribution in [0.5, 0.6) is 5.75 Å². The minimum Gasteiger partial charge on any atom is -0.482 e. The largest absolute Gasteiger partial charge is 0.482 e. The van der Waals surface area contributed by atoms with E-state index in [1.807, 2.05) is 38.1 Å². The Hall–Kier alpha value is -2.55. The number of ether oxygens (including phenoxy) is 2. The summed E-state index contributed by atoms with van der Waals surface area (Å²) in [7, 11) is -3.13. The molecule has 0 unspecified atom stereocenters. The standard InChI is InChI=1S/C27H35N3O5S/c1-18-23-24(28-30(18)20-10-15-36(32,33)26(2,3)16-20)21-6-4-5-7-22(21)35-27(23)11-13-29(14-12-27)25(31)34-17-19-8-9-19/h4-7,19-20H,8-17H2,1-3H3/t20-/m1/s1. The lowest BCUT2D eigenvalue weighted by Crippen LogP contribution is -2.49. The van der Waals surface area contributed by atoms with Crippen molar-refractivity contribution in [2.75, 3.05) is 25.4 Å². The fourth-order valence-corrected chi connectivity index (χ4v) is 7.74. The average molecular weight is 514 g/mol. The topological polar surface area (TPSA) is 90.7 Å². The van der Waals surface area contributed by atoms with Crippen LogP contribution in [0.4, 0.5) is 4.79 Å². The first-order valence-corrected chi connectivity index (χ1v) is 14.8. The monoisotopic (exact) mass is 513 g/mol. The van der Waals surface area contributed by atoms with E-state index in [9.17, 15) is 13.2 Å². The van der Waals surface area contributed by atoms with Gasteiger partial charge in [0.25, 0.3) is 0 Å². The van der Waals surface area contributed by atoms with Crippen molar-refractivity contribution in [3.05, 3.63) is 35.5 Å². The molecule has 4 aliphatic rings. The van der Waals surface area contributed by atoms with Gasteiger partial charge in [-0.2, -0.15) is 5.10 Å². The molecule has 9 heteroatoms. The fourth-order valence-electron chi connectivity index (χ4n) is 6.16. The smallest absolute Gasteiger partial charge is 0.409 e. The van der Waals surface area contributed by atoms with Gasteiger partial charge >= 0.3 is 6.09 Å². The fraction of sp³-hybridized carbons (Fsp3) is 0.630. The van der Waals surface area contributed by atoms with Gasteiger partial charge in [0, 0.05) is 42.8 Å². The molecule has 2 saturated heterocycles. The number of hydrogen-bond acceptors (Lipinski definition) is 6. The van der Waals surface area contributed by atoms with E-state index in [4.69, 9.17) is 14.6 Å². The maximum atomic E-state index is 12.6. The highest BCUT2D eigenvalue weighted by molar-refractivity contribution is 7.92. The first-order valence-electron chi connectivity index (χ1n) is 13.1. The van der Waals surface area contributed by atoms with E-state index >= 15 is 0 Å². The van der Waals surface area contributed by atoms with E-state index < -0.39 is 20.2 Å². The highest BCUT2D eigenvalue weighted by Gasteiger charge is 2.49. The van der Waals surface area contributed by atoms with Crippen LogP contribution in [0.3, 0.4) is 0 Å². The predicted octanol–water partition coefficient (Wildman–Crippen LogP) is 4.62. The van der Waals surface area contributed by atoms with Crippen molar-refractivity contribution in [2.24, 2.45) is 5.92 Å². The number of carbonyl (C=O) groups is 1. The molecule has 1 atom stereocenters. The number of hydrogen-bond donors (Lipinski definition) is 0. The maximum absolute atomic E-state index is 12.6. The van der Waals surface area contributed by atoms with Crippen molar-refractivity contribution in [3.8, 4) is 17.0 Å². The number of fused-ring (bicyclic) bond motifs is 4. The molecule has 1 spiro atoms. The third-order valence-corrected chi connectivity index (χ3v) is 11.3. The SMILES string of the molecule is Cc1c2c(nn1[C@@H]1CCS(=O)(=O)C(C)(C)C1)-c1ccccc1OC21CCN(C(=O)OCC2CC2)CC1. The minimum atomic E-state index is -3.13. The lowest BCUT2D eigenvalue weighted by Gasteiger charge is -2.44. The van der Waals surface area contributed by atoms with Gasteiger partial charge in [-0.05, 0) is 64.5 Å². The average Bonchev–Trinajstić information content (AvgIpc) is 3.61. The van der Waals surface area contributed by atoms with Crippen LogP contribution in [0.2, 0.25) is 0 Å².